The van der Waals surface area contributed by atoms with E-state index in [1.54, 1.807) is 12.1 Å². The summed E-state index contributed by atoms with van der Waals surface area (Å²) in [6.07, 6.45) is 0.973. The number of carbonyl (C=O) groups is 1. The Morgan fingerprint density at radius 3 is 2.25 bits per heavy atom. The quantitative estimate of drug-likeness (QED) is 0.865. The van der Waals surface area contributed by atoms with Crippen molar-refractivity contribution < 1.29 is 9.18 Å². The third-order valence-corrected chi connectivity index (χ3v) is 5.12. The Morgan fingerprint density at radius 2 is 1.58 bits per heavy atom. The van der Waals surface area contributed by atoms with Gasteiger partial charge in [-0.15, -0.1) is 0 Å². The summed E-state index contributed by atoms with van der Waals surface area (Å²) in [4.78, 5) is 16.9. The number of benzene rings is 2. The Morgan fingerprint density at radius 1 is 0.917 bits per heavy atom. The number of piperazine rings is 1. The molecular weight excluding hydrogens is 303 g/mol. The summed E-state index contributed by atoms with van der Waals surface area (Å²) in [6, 6.07) is 16.9. The zero-order chi connectivity index (χ0) is 16.5. The number of amides is 1. The average Bonchev–Trinajstić information content (AvgIpc) is 3.43. The van der Waals surface area contributed by atoms with E-state index in [-0.39, 0.29) is 11.7 Å². The van der Waals surface area contributed by atoms with Crippen LogP contribution in [0.3, 0.4) is 0 Å². The smallest absolute Gasteiger partial charge is 0.226 e. The Hall–Kier alpha value is -2.36. The van der Waals surface area contributed by atoms with Gasteiger partial charge >= 0.3 is 0 Å². The highest BCUT2D eigenvalue weighted by molar-refractivity contribution is 5.83. The van der Waals surface area contributed by atoms with Crippen molar-refractivity contribution in [3.05, 3.63) is 66.0 Å². The van der Waals surface area contributed by atoms with Crippen molar-refractivity contribution in [1.82, 2.24) is 4.90 Å². The molecule has 24 heavy (non-hydrogen) atoms. The molecule has 1 heterocycles. The molecule has 2 aliphatic rings. The summed E-state index contributed by atoms with van der Waals surface area (Å²) in [5.74, 6) is 0.634. The molecule has 2 aromatic carbocycles. The van der Waals surface area contributed by atoms with E-state index in [4.69, 9.17) is 0 Å². The Kier molecular flexibility index (Phi) is 3.97. The molecular formula is C20H21FN2O. The van der Waals surface area contributed by atoms with Gasteiger partial charge in [-0.25, -0.2) is 4.39 Å². The monoisotopic (exact) mass is 324 g/mol. The van der Waals surface area contributed by atoms with Gasteiger partial charge < -0.3 is 9.80 Å². The van der Waals surface area contributed by atoms with Crippen LogP contribution >= 0.6 is 0 Å². The van der Waals surface area contributed by atoms with Crippen LogP contribution in [0, 0.1) is 11.7 Å². The molecule has 0 spiro atoms. The Bertz CT molecular complexity index is 708. The van der Waals surface area contributed by atoms with Crippen molar-refractivity contribution in [2.24, 2.45) is 5.92 Å². The molecule has 0 radical (unpaired) electrons. The van der Waals surface area contributed by atoms with Crippen LogP contribution in [0.25, 0.3) is 0 Å². The van der Waals surface area contributed by atoms with Crippen LogP contribution in [0.1, 0.15) is 17.9 Å². The van der Waals surface area contributed by atoms with E-state index in [1.165, 1.54) is 17.7 Å². The van der Waals surface area contributed by atoms with Crippen LogP contribution in [-0.2, 0) is 4.79 Å². The molecule has 1 aliphatic carbocycles. The largest absolute Gasteiger partial charge is 0.368 e. The van der Waals surface area contributed by atoms with Crippen molar-refractivity contribution >= 4 is 11.6 Å². The third kappa shape index (κ3) is 3.01. The fraction of sp³-hybridized carbons (Fsp3) is 0.350. The lowest BCUT2D eigenvalue weighted by molar-refractivity contribution is -0.132. The van der Waals surface area contributed by atoms with Gasteiger partial charge in [0.15, 0.2) is 0 Å². The lowest BCUT2D eigenvalue weighted by Gasteiger charge is -2.36. The summed E-state index contributed by atoms with van der Waals surface area (Å²) >= 11 is 0. The van der Waals surface area contributed by atoms with E-state index in [1.807, 2.05) is 23.1 Å². The summed E-state index contributed by atoms with van der Waals surface area (Å²) in [7, 11) is 0. The minimum Gasteiger partial charge on any atom is -0.368 e. The third-order valence-electron chi connectivity index (χ3n) is 5.12. The topological polar surface area (TPSA) is 23.6 Å². The number of anilines is 1. The van der Waals surface area contributed by atoms with Crippen molar-refractivity contribution in [2.45, 2.75) is 12.3 Å². The number of hydrogen-bond acceptors (Lipinski definition) is 2. The molecule has 0 N–H and O–H groups in total. The van der Waals surface area contributed by atoms with Gasteiger partial charge in [0.2, 0.25) is 5.91 Å². The molecule has 1 saturated carbocycles. The minimum absolute atomic E-state index is 0.157. The van der Waals surface area contributed by atoms with Crippen molar-refractivity contribution in [3.8, 4) is 0 Å². The van der Waals surface area contributed by atoms with Gasteiger partial charge in [0.25, 0.3) is 0 Å². The van der Waals surface area contributed by atoms with Gasteiger partial charge in [0.1, 0.15) is 5.82 Å². The maximum Gasteiger partial charge on any atom is 0.226 e. The first-order chi connectivity index (χ1) is 11.7. The standard InChI is InChI=1S/C20H21FN2O/c21-16-6-8-17(9-7-16)22-10-12-23(13-11-22)20(24)19-14-18(19)15-4-2-1-3-5-15/h1-9,18-19H,10-14H2/t18-,19-/m1/s1. The molecule has 124 valence electrons. The first kappa shape index (κ1) is 15.2. The highest BCUT2D eigenvalue weighted by Gasteiger charge is 2.45. The normalized spacial score (nSPS) is 23.2. The number of nitrogens with zero attached hydrogens (tertiary/aromatic N) is 2. The SMILES string of the molecule is O=C([C@@H]1C[C@@H]1c1ccccc1)N1CCN(c2ccc(F)cc2)CC1. The number of rotatable bonds is 3. The molecule has 3 nitrogen and oxygen atoms in total. The van der Waals surface area contributed by atoms with Gasteiger partial charge in [-0.1, -0.05) is 30.3 Å². The van der Waals surface area contributed by atoms with E-state index in [2.05, 4.69) is 17.0 Å². The Labute approximate surface area is 141 Å². The summed E-state index contributed by atoms with van der Waals surface area (Å²) in [5.41, 5.74) is 2.30. The number of hydrogen-bond donors (Lipinski definition) is 0. The van der Waals surface area contributed by atoms with Crippen LogP contribution in [0.5, 0.6) is 0 Å². The van der Waals surface area contributed by atoms with Crippen LogP contribution in [0.15, 0.2) is 54.6 Å². The molecule has 2 fully saturated rings. The van der Waals surface area contributed by atoms with E-state index in [9.17, 15) is 9.18 Å². The fourth-order valence-corrected chi connectivity index (χ4v) is 3.61. The zero-order valence-corrected chi connectivity index (χ0v) is 13.6. The van der Waals surface area contributed by atoms with Crippen LogP contribution in [-0.4, -0.2) is 37.0 Å². The molecule has 1 amide bonds. The number of carbonyl (C=O) groups excluding carboxylic acids is 1. The van der Waals surface area contributed by atoms with Crippen LogP contribution < -0.4 is 4.90 Å². The molecule has 0 unspecified atom stereocenters. The van der Waals surface area contributed by atoms with Gasteiger partial charge in [0.05, 0.1) is 0 Å². The highest BCUT2D eigenvalue weighted by Crippen LogP contribution is 2.48. The summed E-state index contributed by atoms with van der Waals surface area (Å²) < 4.78 is 13.0. The molecule has 4 rings (SSSR count). The summed E-state index contributed by atoms with van der Waals surface area (Å²) in [5, 5.41) is 0. The molecule has 0 bridgehead atoms. The van der Waals surface area contributed by atoms with Gasteiger partial charge in [-0.3, -0.25) is 4.79 Å². The predicted molar refractivity (Wildman–Crippen MR) is 92.5 cm³/mol. The molecule has 2 aromatic rings. The highest BCUT2D eigenvalue weighted by atomic mass is 19.1. The van der Waals surface area contributed by atoms with E-state index < -0.39 is 0 Å². The van der Waals surface area contributed by atoms with Crippen molar-refractivity contribution in [1.29, 1.82) is 0 Å². The first-order valence-corrected chi connectivity index (χ1v) is 8.56. The lowest BCUT2D eigenvalue weighted by atomic mass is 10.1. The Balaban J connectivity index is 1.33. The van der Waals surface area contributed by atoms with Crippen LogP contribution in [0.2, 0.25) is 0 Å². The number of halogens is 1. The van der Waals surface area contributed by atoms with E-state index in [0.717, 1.165) is 38.3 Å². The van der Waals surface area contributed by atoms with Gasteiger partial charge in [-0.05, 0) is 42.2 Å². The second-order valence-electron chi connectivity index (χ2n) is 6.65. The second kappa shape index (κ2) is 6.27. The first-order valence-electron chi connectivity index (χ1n) is 8.56. The van der Waals surface area contributed by atoms with Gasteiger partial charge in [-0.2, -0.15) is 0 Å². The minimum atomic E-state index is -0.215. The van der Waals surface area contributed by atoms with Crippen LogP contribution in [0.4, 0.5) is 10.1 Å². The molecule has 2 atom stereocenters. The lowest BCUT2D eigenvalue weighted by Crippen LogP contribution is -2.49. The summed E-state index contributed by atoms with van der Waals surface area (Å²) in [6.45, 7) is 3.10. The van der Waals surface area contributed by atoms with E-state index >= 15 is 0 Å². The van der Waals surface area contributed by atoms with Gasteiger partial charge in [0, 0.05) is 37.8 Å². The second-order valence-corrected chi connectivity index (χ2v) is 6.65. The van der Waals surface area contributed by atoms with E-state index in [0.29, 0.717) is 11.8 Å². The maximum absolute atomic E-state index is 13.0. The molecule has 0 aromatic heterocycles. The molecule has 1 aliphatic heterocycles. The molecule has 4 heteroatoms. The predicted octanol–water partition coefficient (Wildman–Crippen LogP) is 3.28. The average molecular weight is 324 g/mol. The fourth-order valence-electron chi connectivity index (χ4n) is 3.61. The van der Waals surface area contributed by atoms with Crippen molar-refractivity contribution in [3.63, 3.8) is 0 Å². The maximum atomic E-state index is 13.0. The zero-order valence-electron chi connectivity index (χ0n) is 13.6. The van der Waals surface area contributed by atoms with Crippen molar-refractivity contribution in [2.75, 3.05) is 31.1 Å². The molecule has 1 saturated heterocycles.